The lowest BCUT2D eigenvalue weighted by Crippen LogP contribution is -1.97. The summed E-state index contributed by atoms with van der Waals surface area (Å²) in [5, 5.41) is 0. The molecule has 2 atom stereocenters. The highest BCUT2D eigenvalue weighted by Crippen LogP contribution is 2.65. The average molecular weight is 492 g/mol. The zero-order valence-corrected chi connectivity index (χ0v) is 18.0. The van der Waals surface area contributed by atoms with Crippen molar-refractivity contribution >= 4 is 41.6 Å². The predicted molar refractivity (Wildman–Crippen MR) is 96.4 cm³/mol. The van der Waals surface area contributed by atoms with Crippen molar-refractivity contribution in [2.75, 3.05) is 12.4 Å². The maximum absolute atomic E-state index is 11.3. The zero-order valence-electron chi connectivity index (χ0n) is 13.6. The minimum absolute atomic E-state index is 0.0449. The van der Waals surface area contributed by atoms with Crippen LogP contribution in [0.1, 0.15) is 19.3 Å². The van der Waals surface area contributed by atoms with Crippen LogP contribution >= 0.6 is 41.6 Å². The Kier molecular flexibility index (Phi) is 11.7. The van der Waals surface area contributed by atoms with Gasteiger partial charge in [-0.3, -0.25) is 4.52 Å². The normalized spacial score (nSPS) is 17.6. The molecule has 0 saturated carbocycles. The second-order valence-electron chi connectivity index (χ2n) is 4.72. The molecule has 0 radical (unpaired) electrons. The molecular formula is C9H20O13P4S. The minimum atomic E-state index is -5.17. The summed E-state index contributed by atoms with van der Waals surface area (Å²) in [6.45, 7) is -1.17. The van der Waals surface area contributed by atoms with E-state index in [0.717, 1.165) is 0 Å². The van der Waals surface area contributed by atoms with Crippen molar-refractivity contribution in [3.63, 3.8) is 0 Å². The number of allylic oxidation sites excluding steroid dienone is 1. The lowest BCUT2D eigenvalue weighted by molar-refractivity contribution is 0.179. The fraction of sp³-hybridized carbons (Fsp3) is 0.556. The molecule has 27 heavy (non-hydrogen) atoms. The van der Waals surface area contributed by atoms with Gasteiger partial charge in [0.1, 0.15) is 0 Å². The summed E-state index contributed by atoms with van der Waals surface area (Å²) in [6.07, 6.45) is 4.03. The van der Waals surface area contributed by atoms with E-state index in [-0.39, 0.29) is 18.8 Å². The van der Waals surface area contributed by atoms with Crippen LogP contribution in [-0.2, 0) is 31.4 Å². The summed E-state index contributed by atoms with van der Waals surface area (Å²) in [6, 6.07) is 0. The fourth-order valence-electron chi connectivity index (χ4n) is 1.36. The molecule has 0 aliphatic carbocycles. The first kappa shape index (κ1) is 27.4. The van der Waals surface area contributed by atoms with Crippen LogP contribution in [0, 0.1) is 0 Å². The van der Waals surface area contributed by atoms with Crippen LogP contribution in [0.5, 0.6) is 0 Å². The first-order valence-electron chi connectivity index (χ1n) is 6.81. The molecule has 6 N–H and O–H groups in total. The van der Waals surface area contributed by atoms with Gasteiger partial charge >= 0.3 is 30.3 Å². The highest BCUT2D eigenvalue weighted by atomic mass is 32.7. The maximum Gasteiger partial charge on any atom is 0.481 e. The van der Waals surface area contributed by atoms with Crippen LogP contribution in [0.15, 0.2) is 24.3 Å². The molecule has 0 aromatic rings. The summed E-state index contributed by atoms with van der Waals surface area (Å²) >= 11 is 0.316. The Morgan fingerprint density at radius 3 is 1.96 bits per heavy atom. The van der Waals surface area contributed by atoms with Gasteiger partial charge < -0.3 is 29.4 Å². The first-order valence-corrected chi connectivity index (χ1v) is 14.5. The van der Waals surface area contributed by atoms with Gasteiger partial charge in [0, 0.05) is 5.75 Å². The molecule has 0 fully saturated rings. The maximum atomic E-state index is 11.3. The lowest BCUT2D eigenvalue weighted by Gasteiger charge is -2.12. The van der Waals surface area contributed by atoms with Gasteiger partial charge in [-0.1, -0.05) is 24.3 Å². The number of hydrogen-bond donors (Lipinski definition) is 6. The van der Waals surface area contributed by atoms with E-state index in [0.29, 0.717) is 29.8 Å². The summed E-state index contributed by atoms with van der Waals surface area (Å²) < 4.78 is 55.1. The monoisotopic (exact) mass is 492 g/mol. The summed E-state index contributed by atoms with van der Waals surface area (Å²) in [4.78, 5) is 52.0. The van der Waals surface area contributed by atoms with Gasteiger partial charge in [-0.05, 0) is 30.6 Å². The number of rotatable bonds is 14. The molecule has 2 unspecified atom stereocenters. The Morgan fingerprint density at radius 1 is 0.889 bits per heavy atom. The van der Waals surface area contributed by atoms with Gasteiger partial charge in [0.2, 0.25) is 0 Å². The van der Waals surface area contributed by atoms with E-state index in [9.17, 15) is 18.3 Å². The second-order valence-corrected chi connectivity index (χ2v) is 12.9. The highest BCUT2D eigenvalue weighted by Gasteiger charge is 2.32. The van der Waals surface area contributed by atoms with Crippen LogP contribution in [-0.4, -0.2) is 41.7 Å². The van der Waals surface area contributed by atoms with Crippen molar-refractivity contribution in [2.24, 2.45) is 0 Å². The van der Waals surface area contributed by atoms with Gasteiger partial charge in [-0.15, -0.1) is 0 Å². The third kappa shape index (κ3) is 18.2. The Bertz CT molecular complexity index is 709. The smallest absolute Gasteiger partial charge is 0.316 e. The van der Waals surface area contributed by atoms with Crippen LogP contribution in [0.2, 0.25) is 0 Å². The molecule has 0 bridgehead atoms. The van der Waals surface area contributed by atoms with Crippen LogP contribution in [0.3, 0.4) is 0 Å². The van der Waals surface area contributed by atoms with Gasteiger partial charge in [0.25, 0.3) is 0 Å². The summed E-state index contributed by atoms with van der Waals surface area (Å²) in [5.41, 5.74) is 0.584. The summed E-state index contributed by atoms with van der Waals surface area (Å²) in [5.74, 6) is -0.0449. The quantitative estimate of drug-likeness (QED) is 0.152. The molecule has 0 aliphatic rings. The molecule has 0 spiro atoms. The molecule has 13 nitrogen and oxygen atoms in total. The van der Waals surface area contributed by atoms with Crippen molar-refractivity contribution in [3.05, 3.63) is 24.3 Å². The molecule has 0 saturated heterocycles. The van der Waals surface area contributed by atoms with E-state index < -0.39 is 30.3 Å². The zero-order chi connectivity index (χ0) is 21.4. The van der Waals surface area contributed by atoms with Crippen molar-refractivity contribution < 1.29 is 60.8 Å². The fourth-order valence-corrected chi connectivity index (χ4v) is 6.65. The lowest BCUT2D eigenvalue weighted by atomic mass is 10.1. The number of hydrogen-bond acceptors (Lipinski definition) is 8. The van der Waals surface area contributed by atoms with E-state index in [1.54, 1.807) is 6.08 Å². The van der Waals surface area contributed by atoms with Gasteiger partial charge in [-0.25, -0.2) is 18.3 Å². The molecule has 0 amide bonds. The van der Waals surface area contributed by atoms with Crippen LogP contribution in [0.4, 0.5) is 0 Å². The Balaban J connectivity index is 4.02. The highest BCUT2D eigenvalue weighted by molar-refractivity contribution is 8.55. The van der Waals surface area contributed by atoms with Crippen molar-refractivity contribution in [1.82, 2.24) is 0 Å². The van der Waals surface area contributed by atoms with Crippen molar-refractivity contribution in [1.29, 1.82) is 0 Å². The molecule has 0 heterocycles. The molecule has 0 aromatic heterocycles. The molecule has 0 aliphatic heterocycles. The molecular weight excluding hydrogens is 472 g/mol. The van der Waals surface area contributed by atoms with E-state index >= 15 is 0 Å². The Hall–Kier alpha value is 0.390. The Labute approximate surface area is 158 Å². The number of phosphoric ester groups is 1. The molecule has 0 aromatic carbocycles. The SMILES string of the molecule is C=C(CC/C=C\CSP(=O)(O)OP(=O)(O)O)CCOP(=O)(O)OP(=O)(O)O. The van der Waals surface area contributed by atoms with E-state index in [2.05, 4.69) is 19.7 Å². The van der Waals surface area contributed by atoms with Gasteiger partial charge in [0.05, 0.1) is 6.61 Å². The third-order valence-electron chi connectivity index (χ3n) is 2.29. The van der Waals surface area contributed by atoms with E-state index in [4.69, 9.17) is 29.4 Å². The average Bonchev–Trinajstić information content (AvgIpc) is 2.36. The third-order valence-corrected chi connectivity index (χ3v) is 8.85. The van der Waals surface area contributed by atoms with Crippen molar-refractivity contribution in [2.45, 2.75) is 19.3 Å². The molecule has 0 rings (SSSR count). The topological polar surface area (TPSA) is 217 Å². The van der Waals surface area contributed by atoms with E-state index in [1.807, 2.05) is 0 Å². The van der Waals surface area contributed by atoms with Crippen LogP contribution < -0.4 is 0 Å². The van der Waals surface area contributed by atoms with Gasteiger partial charge in [-0.2, -0.15) is 8.62 Å². The number of phosphoric acid groups is 3. The molecule has 160 valence electrons. The predicted octanol–water partition coefficient (Wildman–Crippen LogP) is 2.44. The van der Waals surface area contributed by atoms with Gasteiger partial charge in [0.15, 0.2) is 0 Å². The second kappa shape index (κ2) is 11.5. The minimum Gasteiger partial charge on any atom is -0.316 e. The molecule has 18 heteroatoms. The van der Waals surface area contributed by atoms with Crippen molar-refractivity contribution in [3.8, 4) is 0 Å². The van der Waals surface area contributed by atoms with Crippen LogP contribution in [0.25, 0.3) is 0 Å². The summed E-state index contributed by atoms with van der Waals surface area (Å²) in [7, 11) is -15.1. The Morgan fingerprint density at radius 2 is 1.44 bits per heavy atom. The van der Waals surface area contributed by atoms with E-state index in [1.165, 1.54) is 6.08 Å². The first-order chi connectivity index (χ1) is 12.0. The largest absolute Gasteiger partial charge is 0.481 e. The standard InChI is InChI=1S/C9H20O13P4S/c1-9(6-7-20-25(16,17)21-23(10,11)12)5-3-2-4-8-27-26(18,19)22-24(13,14)15/h2,4H,1,3,5-8H2,(H,16,17)(H,18,19)(H2,10,11,12)(H2,13,14,15)/b4-2-.